The van der Waals surface area contributed by atoms with Crippen LogP contribution in [0.15, 0.2) is 36.5 Å². The summed E-state index contributed by atoms with van der Waals surface area (Å²) in [6, 6.07) is 4.09. The van der Waals surface area contributed by atoms with Crippen molar-refractivity contribution in [3.05, 3.63) is 70.2 Å². The van der Waals surface area contributed by atoms with Gasteiger partial charge < -0.3 is 19.5 Å². The van der Waals surface area contributed by atoms with E-state index >= 15 is 0 Å². The molecule has 2 aliphatic rings. The number of ether oxygens (including phenoxy) is 3. The highest BCUT2D eigenvalue weighted by atomic mass is 19.4. The van der Waals surface area contributed by atoms with Crippen LogP contribution in [0.1, 0.15) is 72.8 Å². The standard InChI is InChI=1S/C34H40F6N6O4/c1-4-25-19-27(30-28(8-9-29(44-30)48-3)46(25)32(47)50-5-2)43-31-41-20-22(7-6-10-45-11-13-49-14-12-45)26(42-31)17-21-15-23(33(35,36)37)18-24(16-21)34(38,39)40/h8-9,15-16,18,20,25,27H,4-7,10-14,17,19H2,1-3H3,(H,41,42,43)/t25-,27+/m1/s1. The molecule has 1 fully saturated rings. The number of carbonyl (C=O) groups is 1. The number of nitrogens with zero attached hydrogens (tertiary/aromatic N) is 5. The number of fused-ring (bicyclic) bond motifs is 1. The van der Waals surface area contributed by atoms with Crippen LogP contribution in [0.25, 0.3) is 0 Å². The monoisotopic (exact) mass is 710 g/mol. The van der Waals surface area contributed by atoms with E-state index in [2.05, 4.69) is 25.2 Å². The second kappa shape index (κ2) is 15.8. The van der Waals surface area contributed by atoms with Gasteiger partial charge in [0.15, 0.2) is 0 Å². The molecule has 1 amide bonds. The molecule has 2 aromatic heterocycles. The first-order valence-corrected chi connectivity index (χ1v) is 16.5. The second-order valence-electron chi connectivity index (χ2n) is 12.1. The minimum Gasteiger partial charge on any atom is -0.481 e. The molecule has 1 N–H and O–H groups in total. The van der Waals surface area contributed by atoms with Crippen LogP contribution in [0.5, 0.6) is 5.88 Å². The maximum absolute atomic E-state index is 13.7. The average Bonchev–Trinajstić information content (AvgIpc) is 3.08. The highest BCUT2D eigenvalue weighted by Gasteiger charge is 2.39. The summed E-state index contributed by atoms with van der Waals surface area (Å²) in [6.07, 6.45) is -7.14. The number of benzene rings is 1. The van der Waals surface area contributed by atoms with Gasteiger partial charge in [-0.05, 0) is 74.5 Å². The maximum Gasteiger partial charge on any atom is 0.416 e. The van der Waals surface area contributed by atoms with Gasteiger partial charge in [-0.3, -0.25) is 9.80 Å². The zero-order chi connectivity index (χ0) is 36.1. The quantitative estimate of drug-likeness (QED) is 0.210. The molecule has 0 bridgehead atoms. The van der Waals surface area contributed by atoms with Gasteiger partial charge in [0.05, 0.1) is 61.2 Å². The number of alkyl halides is 6. The number of nitrogens with one attached hydrogen (secondary N) is 1. The van der Waals surface area contributed by atoms with E-state index in [4.69, 9.17) is 14.2 Å². The minimum atomic E-state index is -4.98. The van der Waals surface area contributed by atoms with Crippen LogP contribution < -0.4 is 15.0 Å². The van der Waals surface area contributed by atoms with Crippen molar-refractivity contribution in [2.75, 3.05) is 56.8 Å². The Hall–Kier alpha value is -4.18. The van der Waals surface area contributed by atoms with Crippen LogP contribution in [0.2, 0.25) is 0 Å². The third kappa shape index (κ3) is 8.94. The van der Waals surface area contributed by atoms with Crippen molar-refractivity contribution in [3.8, 4) is 5.88 Å². The van der Waals surface area contributed by atoms with Gasteiger partial charge in [-0.15, -0.1) is 0 Å². The number of pyridine rings is 1. The van der Waals surface area contributed by atoms with Crippen molar-refractivity contribution in [1.82, 2.24) is 19.9 Å². The first-order valence-electron chi connectivity index (χ1n) is 16.5. The van der Waals surface area contributed by atoms with Crippen LogP contribution in [-0.2, 0) is 34.7 Å². The molecule has 1 saturated heterocycles. The van der Waals surface area contributed by atoms with Gasteiger partial charge in [-0.25, -0.2) is 19.7 Å². The summed E-state index contributed by atoms with van der Waals surface area (Å²) in [4.78, 5) is 30.6. The number of methoxy groups -OCH3 is 1. The van der Waals surface area contributed by atoms with E-state index in [9.17, 15) is 31.1 Å². The molecule has 272 valence electrons. The maximum atomic E-state index is 13.7. The molecular weight excluding hydrogens is 670 g/mol. The SMILES string of the molecule is CCOC(=O)N1c2ccc(OC)nc2[C@@H](Nc2ncc(CCCN3CCOCC3)c(Cc3cc(C(F)(F)F)cc(C(F)(F)F)c3)n2)C[C@H]1CC. The molecule has 2 atom stereocenters. The lowest BCUT2D eigenvalue weighted by Gasteiger charge is -2.39. The van der Waals surface area contributed by atoms with E-state index in [1.807, 2.05) is 6.92 Å². The summed E-state index contributed by atoms with van der Waals surface area (Å²) in [5.74, 6) is 0.413. The summed E-state index contributed by atoms with van der Waals surface area (Å²) in [5, 5.41) is 3.28. The number of hydrogen-bond acceptors (Lipinski definition) is 9. The molecule has 1 aromatic carbocycles. The zero-order valence-electron chi connectivity index (χ0n) is 28.0. The minimum absolute atomic E-state index is 0.111. The Balaban J connectivity index is 1.50. The Morgan fingerprint density at radius 2 is 1.72 bits per heavy atom. The van der Waals surface area contributed by atoms with E-state index in [-0.39, 0.29) is 36.6 Å². The van der Waals surface area contributed by atoms with Gasteiger partial charge in [0.25, 0.3) is 0 Å². The Morgan fingerprint density at radius 3 is 2.34 bits per heavy atom. The zero-order valence-corrected chi connectivity index (χ0v) is 28.0. The molecule has 50 heavy (non-hydrogen) atoms. The Bertz CT molecular complexity index is 1600. The summed E-state index contributed by atoms with van der Waals surface area (Å²) in [7, 11) is 1.46. The van der Waals surface area contributed by atoms with Gasteiger partial charge >= 0.3 is 18.4 Å². The van der Waals surface area contributed by atoms with Crippen LogP contribution in [0.4, 0.5) is 42.8 Å². The summed E-state index contributed by atoms with van der Waals surface area (Å²) < 4.78 is 98.4. The second-order valence-corrected chi connectivity index (χ2v) is 12.1. The average molecular weight is 711 g/mol. The van der Waals surface area contributed by atoms with Crippen LogP contribution in [0, 0.1) is 0 Å². The molecule has 0 aliphatic carbocycles. The van der Waals surface area contributed by atoms with Crippen molar-refractivity contribution < 1.29 is 45.3 Å². The predicted octanol–water partition coefficient (Wildman–Crippen LogP) is 7.07. The van der Waals surface area contributed by atoms with E-state index in [0.29, 0.717) is 67.4 Å². The first-order chi connectivity index (χ1) is 23.8. The third-order valence-electron chi connectivity index (χ3n) is 8.78. The number of aromatic nitrogens is 3. The van der Waals surface area contributed by atoms with Crippen molar-refractivity contribution >= 4 is 17.7 Å². The number of carbonyl (C=O) groups excluding carboxylic acids is 1. The van der Waals surface area contributed by atoms with E-state index in [1.54, 1.807) is 30.2 Å². The van der Waals surface area contributed by atoms with E-state index in [0.717, 1.165) is 31.8 Å². The number of aryl methyl sites for hydroxylation is 1. The molecule has 5 rings (SSSR count). The Kier molecular flexibility index (Phi) is 11.7. The molecule has 0 saturated carbocycles. The van der Waals surface area contributed by atoms with Crippen LogP contribution >= 0.6 is 0 Å². The fourth-order valence-corrected chi connectivity index (χ4v) is 6.29. The van der Waals surface area contributed by atoms with Gasteiger partial charge in [0.1, 0.15) is 0 Å². The number of halogens is 6. The smallest absolute Gasteiger partial charge is 0.416 e. The molecule has 0 unspecified atom stereocenters. The predicted molar refractivity (Wildman–Crippen MR) is 172 cm³/mol. The lowest BCUT2D eigenvalue weighted by molar-refractivity contribution is -0.143. The molecule has 16 heteroatoms. The molecule has 2 aliphatic heterocycles. The fraction of sp³-hybridized carbons (Fsp3) is 0.529. The van der Waals surface area contributed by atoms with Gasteiger partial charge in [-0.2, -0.15) is 26.3 Å². The normalized spacial score (nSPS) is 18.5. The highest BCUT2D eigenvalue weighted by Crippen LogP contribution is 2.41. The Labute approximate surface area is 286 Å². The molecular formula is C34H40F6N6O4. The van der Waals surface area contributed by atoms with Crippen molar-refractivity contribution in [1.29, 1.82) is 0 Å². The first kappa shape index (κ1) is 37.1. The van der Waals surface area contributed by atoms with Crippen molar-refractivity contribution in [3.63, 3.8) is 0 Å². The summed E-state index contributed by atoms with van der Waals surface area (Å²) in [6.45, 7) is 7.33. The topological polar surface area (TPSA) is 102 Å². The lowest BCUT2D eigenvalue weighted by atomic mass is 9.93. The number of hydrogen-bond donors (Lipinski definition) is 1. The molecule has 0 radical (unpaired) electrons. The van der Waals surface area contributed by atoms with Crippen molar-refractivity contribution in [2.24, 2.45) is 0 Å². The lowest BCUT2D eigenvalue weighted by Crippen LogP contribution is -2.46. The number of amides is 1. The largest absolute Gasteiger partial charge is 0.481 e. The summed E-state index contributed by atoms with van der Waals surface area (Å²) in [5.41, 5.74) is -1.08. The van der Waals surface area contributed by atoms with Crippen molar-refractivity contribution in [2.45, 2.75) is 70.4 Å². The molecule has 4 heterocycles. The number of rotatable bonds is 11. The molecule has 10 nitrogen and oxygen atoms in total. The molecule has 3 aromatic rings. The highest BCUT2D eigenvalue weighted by molar-refractivity contribution is 5.90. The number of anilines is 2. The third-order valence-corrected chi connectivity index (χ3v) is 8.78. The fourth-order valence-electron chi connectivity index (χ4n) is 6.29. The Morgan fingerprint density at radius 1 is 1.02 bits per heavy atom. The van der Waals surface area contributed by atoms with Gasteiger partial charge in [-0.1, -0.05) is 6.92 Å². The van der Waals surface area contributed by atoms with Crippen LogP contribution in [0.3, 0.4) is 0 Å². The number of morpholine rings is 1. The van der Waals surface area contributed by atoms with Gasteiger partial charge in [0.2, 0.25) is 11.8 Å². The molecule has 0 spiro atoms. The van der Waals surface area contributed by atoms with E-state index in [1.165, 1.54) is 7.11 Å². The van der Waals surface area contributed by atoms with E-state index < -0.39 is 35.6 Å². The van der Waals surface area contributed by atoms with Crippen LogP contribution in [-0.4, -0.2) is 78.6 Å². The van der Waals surface area contributed by atoms with Gasteiger partial charge in [0, 0.05) is 37.8 Å². The summed E-state index contributed by atoms with van der Waals surface area (Å²) >= 11 is 0.